The molecule has 2 aliphatic rings. The molecule has 0 unspecified atom stereocenters. The fourth-order valence-corrected chi connectivity index (χ4v) is 3.65. The van der Waals surface area contributed by atoms with Crippen molar-refractivity contribution >= 4 is 22.9 Å². The monoisotopic (exact) mass is 346 g/mol. The third-order valence-electron chi connectivity index (χ3n) is 5.02. The van der Waals surface area contributed by atoms with Crippen molar-refractivity contribution in [3.63, 3.8) is 0 Å². The minimum absolute atomic E-state index is 0. The maximum absolute atomic E-state index is 12.5. The number of hydrogen-bond acceptors (Lipinski definition) is 4. The molecule has 4 heterocycles. The van der Waals surface area contributed by atoms with Gasteiger partial charge in [-0.15, -0.1) is 0 Å². The van der Waals surface area contributed by atoms with Crippen LogP contribution in [0.1, 0.15) is 34.1 Å². The molecule has 2 aliphatic heterocycles. The van der Waals surface area contributed by atoms with Gasteiger partial charge in [-0.05, 0) is 25.3 Å². The minimum atomic E-state index is 0. The minimum Gasteiger partial charge on any atom is -0.354 e. The summed E-state index contributed by atoms with van der Waals surface area (Å²) >= 11 is 0. The number of carbonyl (C=O) groups excluding carboxylic acids is 1. The molecule has 7 heteroatoms. The third-order valence-corrected chi connectivity index (χ3v) is 5.02. The van der Waals surface area contributed by atoms with Gasteiger partial charge < -0.3 is 19.7 Å². The lowest BCUT2D eigenvalue weighted by Gasteiger charge is -2.29. The summed E-state index contributed by atoms with van der Waals surface area (Å²) in [5, 5.41) is 1.04. The summed E-state index contributed by atoms with van der Waals surface area (Å²) in [6, 6.07) is 2.42. The molecule has 2 amide bonds. The Morgan fingerprint density at radius 2 is 2.00 bits per heavy atom. The number of amides is 2. The van der Waals surface area contributed by atoms with Gasteiger partial charge in [0.1, 0.15) is 17.8 Å². The Balaban J connectivity index is 0.00000113. The van der Waals surface area contributed by atoms with Gasteiger partial charge in [0.15, 0.2) is 0 Å². The number of rotatable bonds is 2. The van der Waals surface area contributed by atoms with Gasteiger partial charge in [0, 0.05) is 39.4 Å². The zero-order chi connectivity index (χ0) is 15.8. The van der Waals surface area contributed by atoms with E-state index in [2.05, 4.69) is 19.9 Å². The number of likely N-dealkylation sites (tertiary alicyclic amines) is 1. The second-order valence-electron chi connectivity index (χ2n) is 6.41. The molecule has 2 saturated heterocycles. The molecule has 7 nitrogen and oxygen atoms in total. The van der Waals surface area contributed by atoms with Crippen molar-refractivity contribution < 1.29 is 4.79 Å². The van der Waals surface area contributed by atoms with Gasteiger partial charge >= 0.3 is 6.03 Å². The van der Waals surface area contributed by atoms with E-state index in [0.29, 0.717) is 0 Å². The van der Waals surface area contributed by atoms with Crippen LogP contribution >= 0.6 is 0 Å². The predicted octanol–water partition coefficient (Wildman–Crippen LogP) is 2.96. The molecule has 2 aromatic rings. The van der Waals surface area contributed by atoms with Crippen LogP contribution in [0, 0.1) is 0 Å². The highest BCUT2D eigenvalue weighted by molar-refractivity contribution is 5.87. The summed E-state index contributed by atoms with van der Waals surface area (Å²) in [7, 11) is 1.93. The standard InChI is InChI=1S/C16H22N6O.2CH4/c1-20(16(23)21-7-2-3-8-21)12-5-9-22(10-12)15-13-4-6-17-14(13)18-11-19-15;;/h4,6,11-12H,2-3,5,7-10H2,1H3,(H,17,18,19);2*1H4/t12-;;/m1../s1. The maximum atomic E-state index is 12.5. The molecular weight excluding hydrogens is 316 g/mol. The van der Waals surface area contributed by atoms with Gasteiger partial charge in [0.05, 0.1) is 11.4 Å². The molecular formula is C18H30N6O. The number of hydrogen-bond donors (Lipinski definition) is 1. The molecule has 2 fully saturated rings. The number of carbonyl (C=O) groups is 1. The van der Waals surface area contributed by atoms with Crippen LogP contribution in [0.2, 0.25) is 0 Å². The first-order valence-corrected chi connectivity index (χ1v) is 8.29. The van der Waals surface area contributed by atoms with Crippen LogP contribution < -0.4 is 4.90 Å². The lowest BCUT2D eigenvalue weighted by Crippen LogP contribution is -2.46. The van der Waals surface area contributed by atoms with E-state index in [1.54, 1.807) is 6.33 Å². The fraction of sp³-hybridized carbons (Fsp3) is 0.611. The number of urea groups is 1. The van der Waals surface area contributed by atoms with E-state index in [4.69, 9.17) is 0 Å². The van der Waals surface area contributed by atoms with E-state index in [1.807, 2.05) is 29.1 Å². The Kier molecular flexibility index (Phi) is 5.87. The molecule has 2 aromatic heterocycles. The van der Waals surface area contributed by atoms with Crippen LogP contribution in [0.3, 0.4) is 0 Å². The molecule has 1 atom stereocenters. The van der Waals surface area contributed by atoms with E-state index >= 15 is 0 Å². The van der Waals surface area contributed by atoms with Crippen LogP contribution in [-0.2, 0) is 0 Å². The van der Waals surface area contributed by atoms with E-state index in [0.717, 1.165) is 62.3 Å². The summed E-state index contributed by atoms with van der Waals surface area (Å²) in [5.41, 5.74) is 0.861. The van der Waals surface area contributed by atoms with Crippen molar-refractivity contribution in [2.45, 2.75) is 40.2 Å². The van der Waals surface area contributed by atoms with Gasteiger partial charge in [-0.2, -0.15) is 0 Å². The van der Waals surface area contributed by atoms with E-state index in [1.165, 1.54) is 0 Å². The summed E-state index contributed by atoms with van der Waals surface area (Å²) in [5.74, 6) is 0.959. The zero-order valence-electron chi connectivity index (χ0n) is 13.4. The van der Waals surface area contributed by atoms with E-state index < -0.39 is 0 Å². The SMILES string of the molecule is C.C.CN(C(=O)N1CCCC1)[C@@H]1CCN(c2ncnc3[nH]ccc23)C1. The Morgan fingerprint density at radius 1 is 1.24 bits per heavy atom. The number of aromatic amines is 1. The van der Waals surface area contributed by atoms with Crippen molar-refractivity contribution in [1.29, 1.82) is 0 Å². The van der Waals surface area contributed by atoms with Gasteiger partial charge in [0.25, 0.3) is 0 Å². The number of anilines is 1. The molecule has 0 aromatic carbocycles. The molecule has 0 spiro atoms. The normalized spacial score (nSPS) is 19.6. The lowest BCUT2D eigenvalue weighted by atomic mass is 10.2. The number of aromatic nitrogens is 3. The zero-order valence-corrected chi connectivity index (χ0v) is 13.4. The quantitative estimate of drug-likeness (QED) is 0.908. The van der Waals surface area contributed by atoms with E-state index in [-0.39, 0.29) is 26.9 Å². The number of likely N-dealkylation sites (N-methyl/N-ethyl adjacent to an activating group) is 1. The molecule has 0 radical (unpaired) electrons. The maximum Gasteiger partial charge on any atom is 0.320 e. The van der Waals surface area contributed by atoms with Gasteiger partial charge in [-0.25, -0.2) is 14.8 Å². The number of nitrogens with zero attached hydrogens (tertiary/aromatic N) is 5. The summed E-state index contributed by atoms with van der Waals surface area (Å²) in [6.07, 6.45) is 6.72. The first-order valence-electron chi connectivity index (χ1n) is 8.29. The van der Waals surface area contributed by atoms with Crippen molar-refractivity contribution in [3.8, 4) is 0 Å². The van der Waals surface area contributed by atoms with Gasteiger partial charge in [-0.3, -0.25) is 0 Å². The van der Waals surface area contributed by atoms with E-state index in [9.17, 15) is 4.79 Å². The Hall–Kier alpha value is -2.31. The summed E-state index contributed by atoms with van der Waals surface area (Å²) in [6.45, 7) is 3.54. The van der Waals surface area contributed by atoms with Crippen LogP contribution in [0.25, 0.3) is 11.0 Å². The van der Waals surface area contributed by atoms with Gasteiger partial charge in [0.2, 0.25) is 0 Å². The highest BCUT2D eigenvalue weighted by atomic mass is 16.2. The summed E-state index contributed by atoms with van der Waals surface area (Å²) in [4.78, 5) is 30.5. The van der Waals surface area contributed by atoms with Gasteiger partial charge in [-0.1, -0.05) is 14.9 Å². The molecule has 0 saturated carbocycles. The molecule has 0 bridgehead atoms. The van der Waals surface area contributed by atoms with Crippen molar-refractivity contribution in [2.75, 3.05) is 38.1 Å². The number of H-pyrrole nitrogens is 1. The largest absolute Gasteiger partial charge is 0.354 e. The average molecular weight is 346 g/mol. The van der Waals surface area contributed by atoms with Crippen LogP contribution in [0.4, 0.5) is 10.6 Å². The molecule has 1 N–H and O–H groups in total. The fourth-order valence-electron chi connectivity index (χ4n) is 3.65. The Morgan fingerprint density at radius 3 is 2.76 bits per heavy atom. The van der Waals surface area contributed by atoms with Crippen molar-refractivity contribution in [3.05, 3.63) is 18.6 Å². The Bertz CT molecular complexity index is 708. The highest BCUT2D eigenvalue weighted by Gasteiger charge is 2.32. The van der Waals surface area contributed by atoms with Crippen molar-refractivity contribution in [2.24, 2.45) is 0 Å². The number of fused-ring (bicyclic) bond motifs is 1. The second-order valence-corrected chi connectivity index (χ2v) is 6.41. The molecule has 138 valence electrons. The topological polar surface area (TPSA) is 68.4 Å². The lowest BCUT2D eigenvalue weighted by molar-refractivity contribution is 0.159. The third kappa shape index (κ3) is 3.41. The first-order chi connectivity index (χ1) is 11.2. The average Bonchev–Trinajstić information content (AvgIpc) is 3.33. The Labute approximate surface area is 150 Å². The van der Waals surface area contributed by atoms with Crippen LogP contribution in [0.5, 0.6) is 0 Å². The number of nitrogens with one attached hydrogen (secondary N) is 1. The molecule has 25 heavy (non-hydrogen) atoms. The predicted molar refractivity (Wildman–Crippen MR) is 102 cm³/mol. The second kappa shape index (κ2) is 7.72. The molecule has 0 aliphatic carbocycles. The first kappa shape index (κ1) is 19.0. The highest BCUT2D eigenvalue weighted by Crippen LogP contribution is 2.27. The van der Waals surface area contributed by atoms with Crippen LogP contribution in [0.15, 0.2) is 18.6 Å². The van der Waals surface area contributed by atoms with Crippen LogP contribution in [-0.4, -0.2) is 70.1 Å². The molecule has 4 rings (SSSR count). The summed E-state index contributed by atoms with van der Waals surface area (Å²) < 4.78 is 0. The van der Waals surface area contributed by atoms with Crippen molar-refractivity contribution in [1.82, 2.24) is 24.8 Å². The smallest absolute Gasteiger partial charge is 0.320 e.